The van der Waals surface area contributed by atoms with Crippen molar-refractivity contribution in [3.05, 3.63) is 48.0 Å². The highest BCUT2D eigenvalue weighted by molar-refractivity contribution is 5.92. The molecule has 0 saturated carbocycles. The largest absolute Gasteiger partial charge is 0.493 e. The zero-order valence-electron chi connectivity index (χ0n) is 17.5. The maximum absolute atomic E-state index is 12.0. The Morgan fingerprint density at radius 1 is 0.900 bits per heavy atom. The summed E-state index contributed by atoms with van der Waals surface area (Å²) in [6, 6.07) is 10.8. The number of ether oxygens (including phenoxy) is 5. The Kier molecular flexibility index (Phi) is 8.94. The van der Waals surface area contributed by atoms with Gasteiger partial charge in [0.15, 0.2) is 23.0 Å². The van der Waals surface area contributed by atoms with Gasteiger partial charge in [0.05, 0.1) is 35.0 Å². The molecule has 0 aliphatic carbocycles. The second kappa shape index (κ2) is 11.9. The first-order valence-electron chi connectivity index (χ1n) is 9.10. The van der Waals surface area contributed by atoms with Gasteiger partial charge in [-0.15, -0.1) is 0 Å². The van der Waals surface area contributed by atoms with Crippen LogP contribution in [0.3, 0.4) is 0 Å². The van der Waals surface area contributed by atoms with Gasteiger partial charge in [-0.2, -0.15) is 0 Å². The lowest BCUT2D eigenvalue weighted by molar-refractivity contribution is -0.116. The second-order valence-corrected chi connectivity index (χ2v) is 5.80. The summed E-state index contributed by atoms with van der Waals surface area (Å²) in [6.45, 7) is 0.394. The summed E-state index contributed by atoms with van der Waals surface area (Å²) in [4.78, 5) is 12.0. The van der Waals surface area contributed by atoms with Crippen LogP contribution in [0, 0.1) is 11.8 Å². The number of carbonyl (C=O) groups excluding carboxylic acids is 1. The Bertz CT molecular complexity index is 917. The van der Waals surface area contributed by atoms with Crippen LogP contribution in [0.25, 0.3) is 6.08 Å². The lowest BCUT2D eigenvalue weighted by atomic mass is 10.1. The number of amides is 1. The molecule has 0 spiro atoms. The predicted octanol–water partition coefficient (Wildman–Crippen LogP) is 2.93. The summed E-state index contributed by atoms with van der Waals surface area (Å²) in [6.07, 6.45) is 3.06. The summed E-state index contributed by atoms with van der Waals surface area (Å²) in [7, 11) is 6.18. The fourth-order valence-corrected chi connectivity index (χ4v) is 2.53. The zero-order valence-corrected chi connectivity index (χ0v) is 17.5. The molecule has 2 rings (SSSR count). The molecule has 2 aromatic carbocycles. The van der Waals surface area contributed by atoms with Gasteiger partial charge in [-0.25, -0.2) is 0 Å². The number of hydrogen-bond donors (Lipinski definition) is 1. The topological polar surface area (TPSA) is 75.3 Å². The maximum Gasteiger partial charge on any atom is 0.244 e. The van der Waals surface area contributed by atoms with Crippen LogP contribution in [0.2, 0.25) is 0 Å². The molecule has 0 aliphatic rings. The molecule has 0 atom stereocenters. The third-order valence-electron chi connectivity index (χ3n) is 3.96. The van der Waals surface area contributed by atoms with Gasteiger partial charge in [0, 0.05) is 6.08 Å². The minimum absolute atomic E-state index is 0.192. The number of nitrogens with one attached hydrogen (secondary N) is 1. The lowest BCUT2D eigenvalue weighted by Gasteiger charge is -2.12. The van der Waals surface area contributed by atoms with Crippen LogP contribution in [0.5, 0.6) is 28.7 Å². The van der Waals surface area contributed by atoms with E-state index < -0.39 is 0 Å². The van der Waals surface area contributed by atoms with Gasteiger partial charge in [-0.05, 0) is 35.9 Å². The van der Waals surface area contributed by atoms with Crippen molar-refractivity contribution >= 4 is 12.0 Å². The first-order valence-corrected chi connectivity index (χ1v) is 9.10. The Balaban J connectivity index is 1.85. The average Bonchev–Trinajstić information content (AvgIpc) is 2.79. The molecule has 0 aromatic heterocycles. The Morgan fingerprint density at radius 3 is 2.13 bits per heavy atom. The third kappa shape index (κ3) is 6.38. The molecule has 0 aliphatic heterocycles. The lowest BCUT2D eigenvalue weighted by Crippen LogP contribution is -2.21. The molecule has 158 valence electrons. The van der Waals surface area contributed by atoms with E-state index >= 15 is 0 Å². The summed E-state index contributed by atoms with van der Waals surface area (Å²) in [5, 5.41) is 2.69. The number of hydrogen-bond acceptors (Lipinski definition) is 6. The molecule has 1 amide bonds. The van der Waals surface area contributed by atoms with E-state index in [2.05, 4.69) is 17.2 Å². The average molecular weight is 411 g/mol. The quantitative estimate of drug-likeness (QED) is 0.505. The summed E-state index contributed by atoms with van der Waals surface area (Å²) >= 11 is 0. The second-order valence-electron chi connectivity index (χ2n) is 5.80. The van der Waals surface area contributed by atoms with Crippen LogP contribution in [0.1, 0.15) is 5.56 Å². The van der Waals surface area contributed by atoms with Gasteiger partial charge < -0.3 is 29.0 Å². The third-order valence-corrected chi connectivity index (χ3v) is 3.96. The van der Waals surface area contributed by atoms with Gasteiger partial charge in [-0.3, -0.25) is 4.79 Å². The van der Waals surface area contributed by atoms with E-state index in [9.17, 15) is 4.79 Å². The fourth-order valence-electron chi connectivity index (χ4n) is 2.53. The molecule has 30 heavy (non-hydrogen) atoms. The van der Waals surface area contributed by atoms with Crippen LogP contribution < -0.4 is 29.0 Å². The molecule has 0 fully saturated rings. The molecule has 7 nitrogen and oxygen atoms in total. The molecule has 1 N–H and O–H groups in total. The molecule has 0 saturated heterocycles. The summed E-state index contributed by atoms with van der Waals surface area (Å²) in [5.74, 6) is 8.18. The normalized spacial score (nSPS) is 10.0. The van der Waals surface area contributed by atoms with Crippen molar-refractivity contribution < 1.29 is 28.5 Å². The van der Waals surface area contributed by atoms with Crippen LogP contribution >= 0.6 is 0 Å². The Labute approximate surface area is 176 Å². The fraction of sp³-hybridized carbons (Fsp3) is 0.261. The van der Waals surface area contributed by atoms with E-state index in [4.69, 9.17) is 23.7 Å². The van der Waals surface area contributed by atoms with Crippen LogP contribution in [-0.2, 0) is 4.79 Å². The van der Waals surface area contributed by atoms with Crippen molar-refractivity contribution in [3.8, 4) is 40.6 Å². The first kappa shape index (κ1) is 22.5. The van der Waals surface area contributed by atoms with Crippen molar-refractivity contribution in [1.82, 2.24) is 5.32 Å². The first-order chi connectivity index (χ1) is 14.6. The van der Waals surface area contributed by atoms with Crippen molar-refractivity contribution in [2.45, 2.75) is 0 Å². The molecular weight excluding hydrogens is 386 g/mol. The van der Waals surface area contributed by atoms with E-state index in [-0.39, 0.29) is 19.1 Å². The van der Waals surface area contributed by atoms with Crippen molar-refractivity contribution in [2.24, 2.45) is 0 Å². The van der Waals surface area contributed by atoms with Crippen LogP contribution in [-0.4, -0.2) is 47.5 Å². The van der Waals surface area contributed by atoms with E-state index in [0.29, 0.717) is 28.7 Å². The summed E-state index contributed by atoms with van der Waals surface area (Å²) in [5.41, 5.74) is 0.732. The van der Waals surface area contributed by atoms with Crippen molar-refractivity contribution in [1.29, 1.82) is 0 Å². The monoisotopic (exact) mass is 411 g/mol. The molecule has 0 bridgehead atoms. The molecular formula is C23H25NO6. The molecule has 7 heteroatoms. The van der Waals surface area contributed by atoms with Crippen LogP contribution in [0.15, 0.2) is 42.5 Å². The Hall–Kier alpha value is -3.79. The Morgan fingerprint density at radius 2 is 1.53 bits per heavy atom. The molecule has 0 radical (unpaired) electrons. The predicted molar refractivity (Wildman–Crippen MR) is 114 cm³/mol. The number of rotatable bonds is 9. The number of benzene rings is 2. The van der Waals surface area contributed by atoms with E-state index in [1.807, 2.05) is 18.2 Å². The number of carbonyl (C=O) groups is 1. The van der Waals surface area contributed by atoms with E-state index in [0.717, 1.165) is 5.56 Å². The minimum Gasteiger partial charge on any atom is -0.493 e. The van der Waals surface area contributed by atoms with Gasteiger partial charge in [0.25, 0.3) is 0 Å². The molecule has 0 heterocycles. The highest BCUT2D eigenvalue weighted by Crippen LogP contribution is 2.38. The van der Waals surface area contributed by atoms with Crippen molar-refractivity contribution in [3.63, 3.8) is 0 Å². The smallest absolute Gasteiger partial charge is 0.244 e. The summed E-state index contributed by atoms with van der Waals surface area (Å²) < 4.78 is 26.6. The van der Waals surface area contributed by atoms with Crippen LogP contribution in [0.4, 0.5) is 0 Å². The van der Waals surface area contributed by atoms with Gasteiger partial charge >= 0.3 is 0 Å². The van der Waals surface area contributed by atoms with E-state index in [1.165, 1.54) is 27.4 Å². The van der Waals surface area contributed by atoms with Gasteiger partial charge in [0.2, 0.25) is 11.7 Å². The zero-order chi connectivity index (χ0) is 21.8. The van der Waals surface area contributed by atoms with Gasteiger partial charge in [-0.1, -0.05) is 24.0 Å². The van der Waals surface area contributed by atoms with Crippen molar-refractivity contribution in [2.75, 3.05) is 41.6 Å². The molecule has 2 aromatic rings. The van der Waals surface area contributed by atoms with Gasteiger partial charge in [0.1, 0.15) is 6.61 Å². The number of methoxy groups -OCH3 is 4. The van der Waals surface area contributed by atoms with E-state index in [1.54, 1.807) is 31.4 Å². The minimum atomic E-state index is -0.274. The highest BCUT2D eigenvalue weighted by Gasteiger charge is 2.12. The number of para-hydroxylation sites is 2. The molecule has 0 unspecified atom stereocenters. The highest BCUT2D eigenvalue weighted by atomic mass is 16.5. The standard InChI is InChI=1S/C23H25NO6/c1-26-18-9-5-6-10-19(18)30-14-8-7-13-24-22(25)12-11-17-15-20(27-2)23(29-4)21(16-17)28-3/h5-6,9-12,15-16H,13-14H2,1-4H3,(H,24,25)/b12-11+. The SMILES string of the molecule is COc1ccccc1OCC#CCNC(=O)/C=C/c1cc(OC)c(OC)c(OC)c1. The maximum atomic E-state index is 12.0.